The third kappa shape index (κ3) is 4.11. The van der Waals surface area contributed by atoms with Crippen molar-refractivity contribution in [3.05, 3.63) is 87.1 Å². The lowest BCUT2D eigenvalue weighted by Crippen LogP contribution is -2.17. The van der Waals surface area contributed by atoms with Gasteiger partial charge in [0.1, 0.15) is 5.82 Å². The predicted octanol–water partition coefficient (Wildman–Crippen LogP) is 3.40. The number of hydrogen-bond acceptors (Lipinski definition) is 5. The zero-order valence-electron chi connectivity index (χ0n) is 16.2. The van der Waals surface area contributed by atoms with Crippen molar-refractivity contribution in [3.63, 3.8) is 0 Å². The molecule has 2 aromatic heterocycles. The molecule has 0 atom stereocenters. The lowest BCUT2D eigenvalue weighted by atomic mass is 10.1. The van der Waals surface area contributed by atoms with Crippen molar-refractivity contribution >= 4 is 17.4 Å². The van der Waals surface area contributed by atoms with Crippen molar-refractivity contribution in [2.75, 3.05) is 10.6 Å². The molecule has 0 aliphatic carbocycles. The molecular weight excluding hydrogens is 371 g/mol. The number of aryl methyl sites for hydroxylation is 2. The molecule has 0 spiro atoms. The summed E-state index contributed by atoms with van der Waals surface area (Å²) in [5.41, 5.74) is 4.57. The monoisotopic (exact) mass is 392 g/mol. The number of nitrogens with one attached hydrogen (secondary N) is 3. The quantitative estimate of drug-likeness (QED) is 0.468. The van der Waals surface area contributed by atoms with Gasteiger partial charge in [0.05, 0.1) is 12.2 Å². The van der Waals surface area contributed by atoms with Gasteiger partial charge in [-0.2, -0.15) is 9.50 Å². The van der Waals surface area contributed by atoms with E-state index >= 15 is 0 Å². The molecule has 0 saturated heterocycles. The summed E-state index contributed by atoms with van der Waals surface area (Å²) in [6, 6.07) is 13.7. The SMILES string of the molecule is Cc1cccc(C)c1NCc1cc(=O)n2[nH]c(NCc3ccc(F)cc3)nc2n1. The molecule has 0 amide bonds. The van der Waals surface area contributed by atoms with E-state index in [0.29, 0.717) is 24.7 Å². The normalized spacial score (nSPS) is 11.0. The highest BCUT2D eigenvalue weighted by molar-refractivity contribution is 5.56. The molecule has 8 heteroatoms. The van der Waals surface area contributed by atoms with Crippen LogP contribution < -0.4 is 16.2 Å². The second-order valence-electron chi connectivity index (χ2n) is 6.89. The van der Waals surface area contributed by atoms with Crippen molar-refractivity contribution in [3.8, 4) is 0 Å². The van der Waals surface area contributed by atoms with Crippen LogP contribution in [0.1, 0.15) is 22.4 Å². The van der Waals surface area contributed by atoms with Gasteiger partial charge in [0, 0.05) is 18.3 Å². The summed E-state index contributed by atoms with van der Waals surface area (Å²) in [7, 11) is 0. The first-order valence-corrected chi connectivity index (χ1v) is 9.27. The largest absolute Gasteiger partial charge is 0.379 e. The average Bonchev–Trinajstić information content (AvgIpc) is 3.11. The van der Waals surface area contributed by atoms with Gasteiger partial charge < -0.3 is 10.6 Å². The van der Waals surface area contributed by atoms with Crippen LogP contribution in [0.15, 0.2) is 53.3 Å². The van der Waals surface area contributed by atoms with Crippen LogP contribution in [-0.2, 0) is 13.1 Å². The Morgan fingerprint density at radius 2 is 1.72 bits per heavy atom. The molecule has 0 radical (unpaired) electrons. The number of benzene rings is 2. The summed E-state index contributed by atoms with van der Waals surface area (Å²) in [6.45, 7) is 4.93. The lowest BCUT2D eigenvalue weighted by Gasteiger charge is -2.11. The molecule has 7 nitrogen and oxygen atoms in total. The highest BCUT2D eigenvalue weighted by Gasteiger charge is 2.09. The van der Waals surface area contributed by atoms with E-state index in [2.05, 4.69) is 25.7 Å². The Labute approximate surface area is 166 Å². The molecule has 0 unspecified atom stereocenters. The van der Waals surface area contributed by atoms with Crippen molar-refractivity contribution in [2.24, 2.45) is 0 Å². The molecule has 0 aliphatic heterocycles. The van der Waals surface area contributed by atoms with Crippen LogP contribution in [0.4, 0.5) is 16.0 Å². The van der Waals surface area contributed by atoms with Crippen molar-refractivity contribution < 1.29 is 4.39 Å². The molecule has 29 heavy (non-hydrogen) atoms. The third-order valence-corrected chi connectivity index (χ3v) is 4.68. The summed E-state index contributed by atoms with van der Waals surface area (Å²) in [5.74, 6) is 0.423. The Morgan fingerprint density at radius 1 is 1.00 bits per heavy atom. The molecule has 0 saturated carbocycles. The fourth-order valence-corrected chi connectivity index (χ4v) is 3.16. The van der Waals surface area contributed by atoms with E-state index < -0.39 is 0 Å². The first kappa shape index (κ1) is 18.7. The Balaban J connectivity index is 1.51. The molecule has 0 bridgehead atoms. The topological polar surface area (TPSA) is 87.1 Å². The predicted molar refractivity (Wildman–Crippen MR) is 111 cm³/mol. The minimum Gasteiger partial charge on any atom is -0.379 e. The number of aromatic amines is 1. The number of anilines is 2. The number of nitrogens with zero attached hydrogens (tertiary/aromatic N) is 3. The van der Waals surface area contributed by atoms with Crippen molar-refractivity contribution in [1.82, 2.24) is 19.6 Å². The van der Waals surface area contributed by atoms with Crippen LogP contribution >= 0.6 is 0 Å². The summed E-state index contributed by atoms with van der Waals surface area (Å²) in [4.78, 5) is 21.2. The molecule has 2 aromatic carbocycles. The van der Waals surface area contributed by atoms with Crippen LogP contribution in [0, 0.1) is 19.7 Å². The second-order valence-corrected chi connectivity index (χ2v) is 6.89. The fourth-order valence-electron chi connectivity index (χ4n) is 3.16. The van der Waals surface area contributed by atoms with Crippen LogP contribution in [0.5, 0.6) is 0 Å². The van der Waals surface area contributed by atoms with Gasteiger partial charge in [-0.1, -0.05) is 30.3 Å². The van der Waals surface area contributed by atoms with Crippen molar-refractivity contribution in [1.29, 1.82) is 0 Å². The number of para-hydroxylation sites is 1. The van der Waals surface area contributed by atoms with Gasteiger partial charge in [-0.25, -0.2) is 9.37 Å². The molecule has 2 heterocycles. The van der Waals surface area contributed by atoms with E-state index in [1.807, 2.05) is 32.0 Å². The Kier molecular flexibility index (Phi) is 4.99. The summed E-state index contributed by atoms with van der Waals surface area (Å²) < 4.78 is 14.3. The Morgan fingerprint density at radius 3 is 2.45 bits per heavy atom. The molecule has 3 N–H and O–H groups in total. The number of aromatic nitrogens is 4. The van der Waals surface area contributed by atoms with E-state index in [1.165, 1.54) is 22.7 Å². The van der Waals surface area contributed by atoms with Crippen molar-refractivity contribution in [2.45, 2.75) is 26.9 Å². The van der Waals surface area contributed by atoms with Gasteiger partial charge in [0.25, 0.3) is 11.3 Å². The van der Waals surface area contributed by atoms with Gasteiger partial charge in [-0.15, -0.1) is 0 Å². The number of rotatable bonds is 6. The minimum atomic E-state index is -0.282. The molecule has 148 valence electrons. The molecule has 0 aliphatic rings. The number of halogens is 1. The van der Waals surface area contributed by atoms with E-state index in [9.17, 15) is 9.18 Å². The maximum Gasteiger partial charge on any atom is 0.274 e. The van der Waals surface area contributed by atoms with E-state index in [-0.39, 0.29) is 17.2 Å². The highest BCUT2D eigenvalue weighted by atomic mass is 19.1. The zero-order chi connectivity index (χ0) is 20.4. The summed E-state index contributed by atoms with van der Waals surface area (Å²) in [6.07, 6.45) is 0. The van der Waals surface area contributed by atoms with Crippen LogP contribution in [-0.4, -0.2) is 19.6 Å². The molecule has 4 rings (SSSR count). The van der Waals surface area contributed by atoms with Gasteiger partial charge >= 0.3 is 0 Å². The minimum absolute atomic E-state index is 0.240. The second kappa shape index (κ2) is 7.75. The Hall–Kier alpha value is -3.68. The van der Waals surface area contributed by atoms with Gasteiger partial charge in [-0.05, 0) is 42.7 Å². The summed E-state index contributed by atoms with van der Waals surface area (Å²) >= 11 is 0. The van der Waals surface area contributed by atoms with Crippen LogP contribution in [0.2, 0.25) is 0 Å². The molecular formula is C21H21FN6O. The van der Waals surface area contributed by atoms with E-state index in [1.54, 1.807) is 12.1 Å². The van der Waals surface area contributed by atoms with E-state index in [0.717, 1.165) is 22.4 Å². The first-order chi connectivity index (χ1) is 14.0. The smallest absolute Gasteiger partial charge is 0.274 e. The average molecular weight is 392 g/mol. The number of H-pyrrole nitrogens is 1. The Bertz CT molecular complexity index is 1190. The molecule has 4 aromatic rings. The van der Waals surface area contributed by atoms with Gasteiger partial charge in [0.15, 0.2) is 0 Å². The maximum atomic E-state index is 13.0. The van der Waals surface area contributed by atoms with E-state index in [4.69, 9.17) is 0 Å². The maximum absolute atomic E-state index is 13.0. The third-order valence-electron chi connectivity index (χ3n) is 4.68. The highest BCUT2D eigenvalue weighted by Crippen LogP contribution is 2.20. The standard InChI is InChI=1S/C21H21FN6O/c1-13-4-3-5-14(2)19(13)23-12-17-10-18(29)28-21(25-17)26-20(27-28)24-11-15-6-8-16(22)9-7-15/h3-10,23H,11-12H2,1-2H3,(H2,24,25,26,27). The lowest BCUT2D eigenvalue weighted by molar-refractivity contribution is 0.627. The summed E-state index contributed by atoms with van der Waals surface area (Å²) in [5, 5.41) is 9.33. The number of fused-ring (bicyclic) bond motifs is 1. The van der Waals surface area contributed by atoms with Crippen LogP contribution in [0.3, 0.4) is 0 Å². The zero-order valence-corrected chi connectivity index (χ0v) is 16.2. The molecule has 0 fully saturated rings. The van der Waals surface area contributed by atoms with Gasteiger partial charge in [0.2, 0.25) is 5.95 Å². The number of hydrogen-bond donors (Lipinski definition) is 3. The van der Waals surface area contributed by atoms with Gasteiger partial charge in [-0.3, -0.25) is 9.89 Å². The van der Waals surface area contributed by atoms with Crippen LogP contribution in [0.25, 0.3) is 5.78 Å². The fraction of sp³-hybridized carbons (Fsp3) is 0.190. The first-order valence-electron chi connectivity index (χ1n) is 9.27.